The molecular weight excluding hydrogens is 316 g/mol. The van der Waals surface area contributed by atoms with Crippen LogP contribution in [0.15, 0.2) is 53.1 Å². The maximum atomic E-state index is 12.2. The van der Waals surface area contributed by atoms with Crippen molar-refractivity contribution in [2.45, 2.75) is 19.5 Å². The van der Waals surface area contributed by atoms with Gasteiger partial charge in [0.1, 0.15) is 17.2 Å². The number of pyridine rings is 1. The monoisotopic (exact) mass is 338 g/mol. The van der Waals surface area contributed by atoms with E-state index in [1.807, 2.05) is 68.4 Å². The molecule has 3 rings (SSSR count). The predicted molar refractivity (Wildman–Crippen MR) is 98.6 cm³/mol. The Hall–Kier alpha value is -3.02. The summed E-state index contributed by atoms with van der Waals surface area (Å²) in [6.07, 6.45) is 1.74. The van der Waals surface area contributed by atoms with Crippen molar-refractivity contribution in [1.29, 1.82) is 0 Å². The van der Waals surface area contributed by atoms with Gasteiger partial charge in [-0.2, -0.15) is 0 Å². The topological polar surface area (TPSA) is 70.4 Å². The Balaban J connectivity index is 1.61. The SMILES string of the molecule is C[C@H](NC(=O)NCc1cccnc1N(C)C)c1cc2ccccc2o1. The predicted octanol–water partition coefficient (Wildman–Crippen LogP) is 3.45. The van der Waals surface area contributed by atoms with Crippen molar-refractivity contribution in [2.24, 2.45) is 0 Å². The summed E-state index contributed by atoms with van der Waals surface area (Å²) in [4.78, 5) is 18.4. The van der Waals surface area contributed by atoms with Crippen molar-refractivity contribution in [3.05, 3.63) is 60.0 Å². The van der Waals surface area contributed by atoms with Crippen LogP contribution in [0.1, 0.15) is 24.3 Å². The molecule has 0 fully saturated rings. The van der Waals surface area contributed by atoms with Gasteiger partial charge in [0.05, 0.1) is 6.04 Å². The number of carbonyl (C=O) groups is 1. The fourth-order valence-electron chi connectivity index (χ4n) is 2.68. The number of carbonyl (C=O) groups excluding carboxylic acids is 1. The molecule has 0 radical (unpaired) electrons. The lowest BCUT2D eigenvalue weighted by molar-refractivity contribution is 0.236. The summed E-state index contributed by atoms with van der Waals surface area (Å²) >= 11 is 0. The number of fused-ring (bicyclic) bond motifs is 1. The quantitative estimate of drug-likeness (QED) is 0.747. The van der Waals surface area contributed by atoms with Crippen LogP contribution in [0.3, 0.4) is 0 Å². The molecule has 6 heteroatoms. The molecule has 2 heterocycles. The molecule has 0 unspecified atom stereocenters. The van der Waals surface area contributed by atoms with E-state index >= 15 is 0 Å². The Morgan fingerprint density at radius 1 is 1.24 bits per heavy atom. The zero-order chi connectivity index (χ0) is 17.8. The number of nitrogens with zero attached hydrogens (tertiary/aromatic N) is 2. The molecule has 0 saturated carbocycles. The fourth-order valence-corrected chi connectivity index (χ4v) is 2.68. The molecule has 0 aliphatic carbocycles. The largest absolute Gasteiger partial charge is 0.459 e. The zero-order valence-corrected chi connectivity index (χ0v) is 14.6. The van der Waals surface area contributed by atoms with E-state index in [2.05, 4.69) is 15.6 Å². The van der Waals surface area contributed by atoms with Gasteiger partial charge in [-0.15, -0.1) is 0 Å². The molecular formula is C19H22N4O2. The lowest BCUT2D eigenvalue weighted by atomic mass is 10.2. The van der Waals surface area contributed by atoms with Gasteiger partial charge < -0.3 is 20.0 Å². The first-order valence-electron chi connectivity index (χ1n) is 8.18. The number of hydrogen-bond acceptors (Lipinski definition) is 4. The van der Waals surface area contributed by atoms with Crippen LogP contribution in [0.5, 0.6) is 0 Å². The number of benzene rings is 1. The highest BCUT2D eigenvalue weighted by Gasteiger charge is 2.14. The van der Waals surface area contributed by atoms with Gasteiger partial charge in [-0.05, 0) is 25.1 Å². The molecule has 0 bridgehead atoms. The van der Waals surface area contributed by atoms with Crippen molar-refractivity contribution in [3.63, 3.8) is 0 Å². The molecule has 1 atom stereocenters. The van der Waals surface area contributed by atoms with E-state index in [1.54, 1.807) is 6.20 Å². The van der Waals surface area contributed by atoms with Crippen molar-refractivity contribution in [2.75, 3.05) is 19.0 Å². The first-order valence-corrected chi connectivity index (χ1v) is 8.18. The maximum absolute atomic E-state index is 12.2. The van der Waals surface area contributed by atoms with E-state index < -0.39 is 0 Å². The molecule has 0 saturated heterocycles. The molecule has 2 amide bonds. The molecule has 1 aromatic carbocycles. The lowest BCUT2D eigenvalue weighted by Gasteiger charge is -2.17. The first kappa shape index (κ1) is 16.8. The van der Waals surface area contributed by atoms with Gasteiger partial charge in [-0.1, -0.05) is 24.3 Å². The number of furan rings is 1. The number of urea groups is 1. The van der Waals surface area contributed by atoms with Gasteiger partial charge in [0.15, 0.2) is 0 Å². The van der Waals surface area contributed by atoms with E-state index in [0.717, 1.165) is 28.1 Å². The smallest absolute Gasteiger partial charge is 0.315 e. The average Bonchev–Trinajstić information content (AvgIpc) is 3.04. The summed E-state index contributed by atoms with van der Waals surface area (Å²) < 4.78 is 5.78. The van der Waals surface area contributed by atoms with Crippen molar-refractivity contribution < 1.29 is 9.21 Å². The molecule has 0 aliphatic heterocycles. The zero-order valence-electron chi connectivity index (χ0n) is 14.6. The summed E-state index contributed by atoms with van der Waals surface area (Å²) in [5.74, 6) is 1.57. The first-order chi connectivity index (χ1) is 12.0. The van der Waals surface area contributed by atoms with Crippen molar-refractivity contribution in [3.8, 4) is 0 Å². The number of aromatic nitrogens is 1. The molecule has 25 heavy (non-hydrogen) atoms. The third-order valence-corrected chi connectivity index (χ3v) is 3.95. The molecule has 2 N–H and O–H groups in total. The highest BCUT2D eigenvalue weighted by molar-refractivity contribution is 5.78. The van der Waals surface area contributed by atoms with Crippen molar-refractivity contribution in [1.82, 2.24) is 15.6 Å². The van der Waals surface area contributed by atoms with E-state index in [9.17, 15) is 4.79 Å². The van der Waals surface area contributed by atoms with Crippen LogP contribution in [0, 0.1) is 0 Å². The Bertz CT molecular complexity index is 839. The normalized spacial score (nSPS) is 12.0. The summed E-state index contributed by atoms with van der Waals surface area (Å²) in [5, 5.41) is 6.79. The second-order valence-corrected chi connectivity index (χ2v) is 6.12. The van der Waals surface area contributed by atoms with Crippen molar-refractivity contribution >= 4 is 22.8 Å². The molecule has 6 nitrogen and oxygen atoms in total. The van der Waals surface area contributed by atoms with Crippen LogP contribution >= 0.6 is 0 Å². The summed E-state index contributed by atoms with van der Waals surface area (Å²) in [6, 6.07) is 13.1. The van der Waals surface area contributed by atoms with Gasteiger partial charge in [0, 0.05) is 37.8 Å². The standard InChI is InChI=1S/C19H22N4O2/c1-13(17-11-14-7-4-5-9-16(14)25-17)22-19(24)21-12-15-8-6-10-20-18(15)23(2)3/h4-11,13H,12H2,1-3H3,(H2,21,22,24)/t13-/m0/s1. The Labute approximate surface area is 146 Å². The summed E-state index contributed by atoms with van der Waals surface area (Å²) in [6.45, 7) is 2.30. The minimum Gasteiger partial charge on any atom is -0.459 e. The van der Waals surface area contributed by atoms with E-state index in [4.69, 9.17) is 4.42 Å². The van der Waals surface area contributed by atoms with Crippen LogP contribution in [0.4, 0.5) is 10.6 Å². The van der Waals surface area contributed by atoms with Gasteiger partial charge in [0.25, 0.3) is 0 Å². The highest BCUT2D eigenvalue weighted by Crippen LogP contribution is 2.23. The van der Waals surface area contributed by atoms with E-state index in [-0.39, 0.29) is 12.1 Å². The number of nitrogens with one attached hydrogen (secondary N) is 2. The van der Waals surface area contributed by atoms with Crippen LogP contribution < -0.4 is 15.5 Å². The number of amides is 2. The van der Waals surface area contributed by atoms with Gasteiger partial charge in [-0.3, -0.25) is 0 Å². The highest BCUT2D eigenvalue weighted by atomic mass is 16.3. The van der Waals surface area contributed by atoms with Gasteiger partial charge >= 0.3 is 6.03 Å². The molecule has 0 spiro atoms. The third-order valence-electron chi connectivity index (χ3n) is 3.95. The number of para-hydroxylation sites is 1. The second-order valence-electron chi connectivity index (χ2n) is 6.12. The maximum Gasteiger partial charge on any atom is 0.315 e. The Morgan fingerprint density at radius 2 is 2.04 bits per heavy atom. The molecule has 0 aliphatic rings. The van der Waals surface area contributed by atoms with E-state index in [1.165, 1.54) is 0 Å². The Morgan fingerprint density at radius 3 is 2.80 bits per heavy atom. The number of rotatable bonds is 5. The minimum absolute atomic E-state index is 0.227. The molecule has 130 valence electrons. The fraction of sp³-hybridized carbons (Fsp3) is 0.263. The van der Waals surface area contributed by atoms with Crippen LogP contribution in [0.2, 0.25) is 0 Å². The molecule has 3 aromatic rings. The third kappa shape index (κ3) is 3.91. The summed E-state index contributed by atoms with van der Waals surface area (Å²) in [5.41, 5.74) is 1.77. The van der Waals surface area contributed by atoms with Gasteiger partial charge in [-0.25, -0.2) is 9.78 Å². The number of hydrogen-bond donors (Lipinski definition) is 2. The molecule has 2 aromatic heterocycles. The van der Waals surface area contributed by atoms with Crippen LogP contribution in [-0.4, -0.2) is 25.1 Å². The van der Waals surface area contributed by atoms with Crippen LogP contribution in [0.25, 0.3) is 11.0 Å². The van der Waals surface area contributed by atoms with E-state index in [0.29, 0.717) is 6.54 Å². The second kappa shape index (κ2) is 7.25. The minimum atomic E-state index is -0.249. The Kier molecular flexibility index (Phi) is 4.88. The summed E-state index contributed by atoms with van der Waals surface area (Å²) in [7, 11) is 3.85. The van der Waals surface area contributed by atoms with Crippen LogP contribution in [-0.2, 0) is 6.54 Å². The average molecular weight is 338 g/mol. The van der Waals surface area contributed by atoms with Gasteiger partial charge in [0.2, 0.25) is 0 Å². The lowest BCUT2D eigenvalue weighted by Crippen LogP contribution is -2.36. The number of anilines is 1.